The maximum absolute atomic E-state index is 12.1. The van der Waals surface area contributed by atoms with Crippen molar-refractivity contribution < 1.29 is 24.0 Å². The Bertz CT molecular complexity index is 648. The molecule has 0 saturated carbocycles. The molecule has 7 heteroatoms. The number of ether oxygens (including phenoxy) is 1. The molecule has 1 heterocycles. The third-order valence-corrected chi connectivity index (χ3v) is 2.87. The number of amides is 1. The molecular weight excluding hydrogens is 276 g/mol. The average molecular weight is 290 g/mol. The fraction of sp³-hybridized carbons (Fsp3) is 0.214. The molecule has 1 N–H and O–H groups in total. The Labute approximate surface area is 120 Å². The van der Waals surface area contributed by atoms with Crippen LogP contribution in [0.25, 0.3) is 0 Å². The second kappa shape index (κ2) is 6.08. The quantitative estimate of drug-likeness (QED) is 0.900. The average Bonchev–Trinajstić information content (AvgIpc) is 2.97. The van der Waals surface area contributed by atoms with E-state index in [9.17, 15) is 9.59 Å². The summed E-state index contributed by atoms with van der Waals surface area (Å²) in [6, 6.07) is 8.38. The normalized spacial score (nSPS) is 10.2. The van der Waals surface area contributed by atoms with Crippen molar-refractivity contribution in [2.75, 3.05) is 14.2 Å². The van der Waals surface area contributed by atoms with Gasteiger partial charge in [0.15, 0.2) is 5.69 Å². The number of benzene rings is 1. The molecule has 0 fully saturated rings. The van der Waals surface area contributed by atoms with Gasteiger partial charge in [0.05, 0.1) is 7.11 Å². The van der Waals surface area contributed by atoms with Crippen LogP contribution in [-0.2, 0) is 6.54 Å². The predicted molar refractivity (Wildman–Crippen MR) is 72.3 cm³/mol. The van der Waals surface area contributed by atoms with Crippen LogP contribution in [0.2, 0.25) is 0 Å². The number of carboxylic acid groups (broad SMARTS) is 1. The molecule has 0 bridgehead atoms. The standard InChI is InChI=1S/C14H14N2O5/c1-16(8-9-3-5-10(20-2)6-4-9)13(17)11-7-12(14(18)19)21-15-11/h3-7H,8H2,1-2H3,(H,18,19). The van der Waals surface area contributed by atoms with Crippen molar-refractivity contribution in [2.24, 2.45) is 0 Å². The summed E-state index contributed by atoms with van der Waals surface area (Å²) in [5.41, 5.74) is 0.872. The smallest absolute Gasteiger partial charge is 0.374 e. The van der Waals surface area contributed by atoms with Gasteiger partial charge in [-0.2, -0.15) is 0 Å². The van der Waals surface area contributed by atoms with Crippen molar-refractivity contribution in [2.45, 2.75) is 6.54 Å². The minimum absolute atomic E-state index is 0.0385. The Hall–Kier alpha value is -2.83. The van der Waals surface area contributed by atoms with Crippen LogP contribution in [0.5, 0.6) is 5.75 Å². The molecule has 110 valence electrons. The lowest BCUT2D eigenvalue weighted by atomic mass is 10.2. The van der Waals surface area contributed by atoms with E-state index in [4.69, 9.17) is 9.84 Å². The van der Waals surface area contributed by atoms with Crippen molar-refractivity contribution in [3.63, 3.8) is 0 Å². The molecule has 0 atom stereocenters. The van der Waals surface area contributed by atoms with Gasteiger partial charge in [0, 0.05) is 19.7 Å². The van der Waals surface area contributed by atoms with Crippen molar-refractivity contribution in [3.8, 4) is 5.75 Å². The first kappa shape index (κ1) is 14.6. The SMILES string of the molecule is COc1ccc(CN(C)C(=O)c2cc(C(=O)O)on2)cc1. The number of hydrogen-bond donors (Lipinski definition) is 1. The summed E-state index contributed by atoms with van der Waals surface area (Å²) in [4.78, 5) is 24.2. The Morgan fingerprint density at radius 3 is 2.52 bits per heavy atom. The highest BCUT2D eigenvalue weighted by Crippen LogP contribution is 2.14. The van der Waals surface area contributed by atoms with Gasteiger partial charge in [0.1, 0.15) is 5.75 Å². The molecule has 0 aliphatic heterocycles. The van der Waals surface area contributed by atoms with Gasteiger partial charge in [-0.25, -0.2) is 4.79 Å². The number of nitrogens with zero attached hydrogens (tertiary/aromatic N) is 2. The number of aromatic nitrogens is 1. The van der Waals surface area contributed by atoms with Gasteiger partial charge in [0.2, 0.25) is 5.76 Å². The van der Waals surface area contributed by atoms with E-state index in [0.29, 0.717) is 6.54 Å². The summed E-state index contributed by atoms with van der Waals surface area (Å²) in [6.45, 7) is 0.359. The van der Waals surface area contributed by atoms with Crippen LogP contribution in [0.4, 0.5) is 0 Å². The number of carbonyl (C=O) groups excluding carboxylic acids is 1. The molecule has 1 aromatic heterocycles. The van der Waals surface area contributed by atoms with Crippen molar-refractivity contribution in [3.05, 3.63) is 47.3 Å². The zero-order chi connectivity index (χ0) is 15.4. The summed E-state index contributed by atoms with van der Waals surface area (Å²) >= 11 is 0. The predicted octanol–water partition coefficient (Wildman–Crippen LogP) is 1.65. The van der Waals surface area contributed by atoms with Gasteiger partial charge in [0.25, 0.3) is 5.91 Å². The van der Waals surface area contributed by atoms with Crippen LogP contribution in [0.1, 0.15) is 26.6 Å². The maximum Gasteiger partial charge on any atom is 0.374 e. The zero-order valence-corrected chi connectivity index (χ0v) is 11.6. The van der Waals surface area contributed by atoms with Crippen molar-refractivity contribution in [1.29, 1.82) is 0 Å². The monoisotopic (exact) mass is 290 g/mol. The molecule has 2 aromatic rings. The van der Waals surface area contributed by atoms with E-state index in [1.807, 2.05) is 12.1 Å². The van der Waals surface area contributed by atoms with E-state index in [1.54, 1.807) is 26.3 Å². The van der Waals surface area contributed by atoms with Crippen LogP contribution >= 0.6 is 0 Å². The highest BCUT2D eigenvalue weighted by atomic mass is 16.5. The minimum Gasteiger partial charge on any atom is -0.497 e. The van der Waals surface area contributed by atoms with Gasteiger partial charge < -0.3 is 19.3 Å². The van der Waals surface area contributed by atoms with Gasteiger partial charge in [-0.3, -0.25) is 4.79 Å². The molecule has 1 aromatic carbocycles. The van der Waals surface area contributed by atoms with E-state index < -0.39 is 11.9 Å². The first-order chi connectivity index (χ1) is 10.0. The molecule has 0 aliphatic rings. The topological polar surface area (TPSA) is 92.9 Å². The maximum atomic E-state index is 12.1. The number of methoxy groups -OCH3 is 1. The highest BCUT2D eigenvalue weighted by molar-refractivity contribution is 5.94. The summed E-state index contributed by atoms with van der Waals surface area (Å²) in [6.07, 6.45) is 0. The molecule has 0 spiro atoms. The zero-order valence-electron chi connectivity index (χ0n) is 11.6. The van der Waals surface area contributed by atoms with Crippen LogP contribution in [0.15, 0.2) is 34.9 Å². The molecular formula is C14H14N2O5. The Balaban J connectivity index is 2.05. The van der Waals surface area contributed by atoms with Gasteiger partial charge in [-0.05, 0) is 17.7 Å². The third kappa shape index (κ3) is 3.38. The lowest BCUT2D eigenvalue weighted by Gasteiger charge is -2.15. The molecule has 21 heavy (non-hydrogen) atoms. The summed E-state index contributed by atoms with van der Waals surface area (Å²) in [5.74, 6) is -1.31. The number of carbonyl (C=O) groups is 2. The van der Waals surface area contributed by atoms with Crippen LogP contribution in [-0.4, -0.2) is 41.2 Å². The van der Waals surface area contributed by atoms with Crippen LogP contribution < -0.4 is 4.74 Å². The molecule has 0 radical (unpaired) electrons. The van der Waals surface area contributed by atoms with E-state index in [0.717, 1.165) is 17.4 Å². The fourth-order valence-electron chi connectivity index (χ4n) is 1.75. The van der Waals surface area contributed by atoms with Gasteiger partial charge in [-0.1, -0.05) is 17.3 Å². The molecule has 0 unspecified atom stereocenters. The number of hydrogen-bond acceptors (Lipinski definition) is 5. The van der Waals surface area contributed by atoms with Crippen LogP contribution in [0.3, 0.4) is 0 Å². The number of rotatable bonds is 5. The van der Waals surface area contributed by atoms with Gasteiger partial charge in [-0.15, -0.1) is 0 Å². The summed E-state index contributed by atoms with van der Waals surface area (Å²) in [7, 11) is 3.18. The molecule has 7 nitrogen and oxygen atoms in total. The van der Waals surface area contributed by atoms with E-state index in [-0.39, 0.29) is 11.5 Å². The van der Waals surface area contributed by atoms with E-state index in [1.165, 1.54) is 4.90 Å². The summed E-state index contributed by atoms with van der Waals surface area (Å²) in [5, 5.41) is 12.2. The van der Waals surface area contributed by atoms with E-state index in [2.05, 4.69) is 9.68 Å². The Morgan fingerprint density at radius 2 is 2.00 bits per heavy atom. The van der Waals surface area contributed by atoms with Crippen molar-refractivity contribution in [1.82, 2.24) is 10.1 Å². The molecule has 1 amide bonds. The number of aromatic carboxylic acids is 1. The lowest BCUT2D eigenvalue weighted by Crippen LogP contribution is -2.26. The van der Waals surface area contributed by atoms with Gasteiger partial charge >= 0.3 is 5.97 Å². The Morgan fingerprint density at radius 1 is 1.33 bits per heavy atom. The fourth-order valence-corrected chi connectivity index (χ4v) is 1.75. The third-order valence-electron chi connectivity index (χ3n) is 2.87. The minimum atomic E-state index is -1.26. The second-order valence-corrected chi connectivity index (χ2v) is 4.39. The summed E-state index contributed by atoms with van der Waals surface area (Å²) < 4.78 is 9.62. The second-order valence-electron chi connectivity index (χ2n) is 4.39. The first-order valence-corrected chi connectivity index (χ1v) is 6.09. The number of carboxylic acids is 1. The molecule has 0 aliphatic carbocycles. The van der Waals surface area contributed by atoms with Crippen molar-refractivity contribution >= 4 is 11.9 Å². The first-order valence-electron chi connectivity index (χ1n) is 6.09. The Kier molecular flexibility index (Phi) is 4.22. The highest BCUT2D eigenvalue weighted by Gasteiger charge is 2.19. The van der Waals surface area contributed by atoms with E-state index >= 15 is 0 Å². The molecule has 2 rings (SSSR count). The van der Waals surface area contributed by atoms with Crippen LogP contribution in [0, 0.1) is 0 Å². The lowest BCUT2D eigenvalue weighted by molar-refractivity contribution is 0.0649. The molecule has 0 saturated heterocycles. The largest absolute Gasteiger partial charge is 0.497 e.